The van der Waals surface area contributed by atoms with Crippen molar-refractivity contribution in [1.29, 1.82) is 0 Å². The van der Waals surface area contributed by atoms with Crippen molar-refractivity contribution in [2.75, 3.05) is 6.61 Å². The highest BCUT2D eigenvalue weighted by molar-refractivity contribution is 9.09. The van der Waals surface area contributed by atoms with Gasteiger partial charge in [0.15, 0.2) is 0 Å². The Kier molecular flexibility index (Phi) is 4.49. The van der Waals surface area contributed by atoms with Gasteiger partial charge < -0.3 is 4.74 Å². The molecule has 15 heavy (non-hydrogen) atoms. The maximum atomic E-state index is 13.6. The van der Waals surface area contributed by atoms with Gasteiger partial charge in [0.1, 0.15) is 0 Å². The minimum absolute atomic E-state index is 0.00586. The average Bonchev–Trinajstić information content (AvgIpc) is 2.18. The quantitative estimate of drug-likeness (QED) is 0.588. The Morgan fingerprint density at radius 1 is 1.47 bits per heavy atom. The van der Waals surface area contributed by atoms with Crippen LogP contribution in [0.5, 0.6) is 0 Å². The van der Waals surface area contributed by atoms with Gasteiger partial charge in [-0.05, 0) is 19.8 Å². The predicted molar refractivity (Wildman–Crippen MR) is 56.3 cm³/mol. The number of carbonyl (C=O) groups excluding carboxylic acids is 1. The Morgan fingerprint density at radius 2 is 2.07 bits per heavy atom. The summed E-state index contributed by atoms with van der Waals surface area (Å²) in [6.07, 6.45) is 2.76. The molecule has 0 saturated heterocycles. The molecule has 0 radical (unpaired) electrons. The fraction of sp³-hybridized carbons (Fsp3) is 0.900. The molecule has 0 aromatic rings. The van der Waals surface area contributed by atoms with Crippen molar-refractivity contribution < 1.29 is 18.3 Å². The van der Waals surface area contributed by atoms with Crippen LogP contribution in [-0.2, 0) is 9.53 Å². The number of carbonyl (C=O) groups is 1. The van der Waals surface area contributed by atoms with E-state index in [2.05, 4.69) is 20.7 Å². The van der Waals surface area contributed by atoms with Gasteiger partial charge in [0.05, 0.1) is 6.61 Å². The van der Waals surface area contributed by atoms with Crippen molar-refractivity contribution >= 4 is 21.9 Å². The minimum atomic E-state index is -3.36. The first-order valence-corrected chi connectivity index (χ1v) is 6.10. The lowest BCUT2D eigenvalue weighted by Crippen LogP contribution is -2.44. The largest absolute Gasteiger partial charge is 0.462 e. The van der Waals surface area contributed by atoms with Crippen molar-refractivity contribution in [3.63, 3.8) is 0 Å². The minimum Gasteiger partial charge on any atom is -0.462 e. The SMILES string of the molecule is CCOC(=O)C(F)(F)[C@H]1CCCC[C@@H]1Br. The molecule has 0 aromatic heterocycles. The van der Waals surface area contributed by atoms with E-state index in [9.17, 15) is 13.6 Å². The molecule has 1 fully saturated rings. The van der Waals surface area contributed by atoms with Crippen molar-refractivity contribution in [3.05, 3.63) is 0 Å². The molecule has 88 valence electrons. The van der Waals surface area contributed by atoms with Gasteiger partial charge in [0.2, 0.25) is 0 Å². The van der Waals surface area contributed by atoms with Crippen LogP contribution in [0, 0.1) is 5.92 Å². The fourth-order valence-corrected chi connectivity index (χ4v) is 2.79. The molecule has 0 spiro atoms. The molecule has 0 N–H and O–H groups in total. The Bertz CT molecular complexity index is 233. The summed E-state index contributed by atoms with van der Waals surface area (Å²) in [5.41, 5.74) is 0. The summed E-state index contributed by atoms with van der Waals surface area (Å²) in [5, 5.41) is 0. The monoisotopic (exact) mass is 284 g/mol. The summed E-state index contributed by atoms with van der Waals surface area (Å²) in [6, 6.07) is 0. The lowest BCUT2D eigenvalue weighted by molar-refractivity contribution is -0.181. The van der Waals surface area contributed by atoms with E-state index >= 15 is 0 Å². The van der Waals surface area contributed by atoms with Gasteiger partial charge >= 0.3 is 11.9 Å². The van der Waals surface area contributed by atoms with E-state index < -0.39 is 17.8 Å². The Labute approximate surface area is 96.5 Å². The molecule has 0 amide bonds. The third kappa shape index (κ3) is 2.89. The van der Waals surface area contributed by atoms with Crippen molar-refractivity contribution in [2.45, 2.75) is 43.4 Å². The molecule has 0 unspecified atom stereocenters. The van der Waals surface area contributed by atoms with E-state index in [1.165, 1.54) is 6.92 Å². The van der Waals surface area contributed by atoms with Crippen LogP contribution in [0.25, 0.3) is 0 Å². The van der Waals surface area contributed by atoms with E-state index in [-0.39, 0.29) is 11.4 Å². The van der Waals surface area contributed by atoms with Crippen LogP contribution in [0.4, 0.5) is 8.78 Å². The number of hydrogen-bond acceptors (Lipinski definition) is 2. The van der Waals surface area contributed by atoms with Gasteiger partial charge in [0, 0.05) is 10.7 Å². The molecule has 5 heteroatoms. The molecule has 2 atom stereocenters. The van der Waals surface area contributed by atoms with Crippen LogP contribution < -0.4 is 0 Å². The van der Waals surface area contributed by atoms with Gasteiger partial charge in [-0.15, -0.1) is 0 Å². The van der Waals surface area contributed by atoms with E-state index in [1.54, 1.807) is 0 Å². The Hall–Kier alpha value is -0.190. The fourth-order valence-electron chi connectivity index (χ4n) is 1.87. The number of halogens is 3. The summed E-state index contributed by atoms with van der Waals surface area (Å²) < 4.78 is 31.7. The van der Waals surface area contributed by atoms with Crippen molar-refractivity contribution in [1.82, 2.24) is 0 Å². The molecule has 0 heterocycles. The standard InChI is InChI=1S/C10H15BrF2O2/c1-2-15-9(14)10(12,13)7-5-3-4-6-8(7)11/h7-8H,2-6H2,1H3/t7-,8-/m0/s1. The zero-order chi connectivity index (χ0) is 11.5. The predicted octanol–water partition coefficient (Wildman–Crippen LogP) is 3.14. The summed E-state index contributed by atoms with van der Waals surface area (Å²) in [6.45, 7) is 1.52. The van der Waals surface area contributed by atoms with Crippen LogP contribution in [0.2, 0.25) is 0 Å². The number of rotatable bonds is 3. The lowest BCUT2D eigenvalue weighted by atomic mass is 9.84. The Morgan fingerprint density at radius 3 is 2.60 bits per heavy atom. The number of hydrogen-bond donors (Lipinski definition) is 0. The first-order valence-electron chi connectivity index (χ1n) is 5.19. The number of ether oxygens (including phenoxy) is 1. The first-order chi connectivity index (χ1) is 7.00. The maximum absolute atomic E-state index is 13.6. The molecule has 0 aliphatic heterocycles. The molecule has 1 aliphatic carbocycles. The molecule has 1 rings (SSSR count). The van der Waals surface area contributed by atoms with Crippen LogP contribution in [0.15, 0.2) is 0 Å². The zero-order valence-electron chi connectivity index (χ0n) is 8.64. The lowest BCUT2D eigenvalue weighted by Gasteiger charge is -2.32. The third-order valence-corrected chi connectivity index (χ3v) is 3.79. The highest BCUT2D eigenvalue weighted by Crippen LogP contribution is 2.40. The summed E-state index contributed by atoms with van der Waals surface area (Å²) in [7, 11) is 0. The zero-order valence-corrected chi connectivity index (χ0v) is 10.2. The normalized spacial score (nSPS) is 27.5. The third-order valence-electron chi connectivity index (χ3n) is 2.69. The molecule has 2 nitrogen and oxygen atoms in total. The van der Waals surface area contributed by atoms with Gasteiger partial charge in [-0.25, -0.2) is 4.79 Å². The second-order valence-electron chi connectivity index (χ2n) is 3.75. The van der Waals surface area contributed by atoms with Crippen LogP contribution in [0.3, 0.4) is 0 Å². The molecular weight excluding hydrogens is 270 g/mol. The molecule has 1 aliphatic rings. The molecule has 0 bridgehead atoms. The highest BCUT2D eigenvalue weighted by atomic mass is 79.9. The second-order valence-corrected chi connectivity index (χ2v) is 4.93. The molecule has 1 saturated carbocycles. The smallest absolute Gasteiger partial charge is 0.377 e. The average molecular weight is 285 g/mol. The number of alkyl halides is 3. The van der Waals surface area contributed by atoms with E-state index in [0.717, 1.165) is 12.8 Å². The Balaban J connectivity index is 2.69. The topological polar surface area (TPSA) is 26.3 Å². The first kappa shape index (κ1) is 12.9. The van der Waals surface area contributed by atoms with Crippen molar-refractivity contribution in [3.8, 4) is 0 Å². The van der Waals surface area contributed by atoms with Crippen LogP contribution in [0.1, 0.15) is 32.6 Å². The molecule has 0 aromatic carbocycles. The maximum Gasteiger partial charge on any atom is 0.377 e. The highest BCUT2D eigenvalue weighted by Gasteiger charge is 2.51. The van der Waals surface area contributed by atoms with Gasteiger partial charge in [-0.2, -0.15) is 8.78 Å². The summed E-state index contributed by atoms with van der Waals surface area (Å²) in [4.78, 5) is 10.8. The van der Waals surface area contributed by atoms with E-state index in [4.69, 9.17) is 0 Å². The van der Waals surface area contributed by atoms with E-state index in [1.807, 2.05) is 0 Å². The summed E-state index contributed by atoms with van der Waals surface area (Å²) >= 11 is 3.22. The summed E-state index contributed by atoms with van der Waals surface area (Å²) in [5.74, 6) is -5.67. The van der Waals surface area contributed by atoms with Gasteiger partial charge in [-0.1, -0.05) is 28.8 Å². The number of esters is 1. The second kappa shape index (κ2) is 5.23. The van der Waals surface area contributed by atoms with Gasteiger partial charge in [-0.3, -0.25) is 0 Å². The van der Waals surface area contributed by atoms with Gasteiger partial charge in [0.25, 0.3) is 0 Å². The van der Waals surface area contributed by atoms with E-state index in [0.29, 0.717) is 12.8 Å². The van der Waals surface area contributed by atoms with Crippen LogP contribution >= 0.6 is 15.9 Å². The molecular formula is C10H15BrF2O2. The van der Waals surface area contributed by atoms with Crippen LogP contribution in [-0.4, -0.2) is 23.3 Å². The van der Waals surface area contributed by atoms with Crippen molar-refractivity contribution in [2.24, 2.45) is 5.92 Å².